The van der Waals surface area contributed by atoms with E-state index in [1.807, 2.05) is 30.3 Å². The van der Waals surface area contributed by atoms with Gasteiger partial charge in [0.2, 0.25) is 5.91 Å². The first-order valence-electron chi connectivity index (χ1n) is 10.4. The molecule has 0 saturated heterocycles. The van der Waals surface area contributed by atoms with Crippen molar-refractivity contribution in [3.63, 3.8) is 0 Å². The second kappa shape index (κ2) is 10.3. The molecule has 1 N–H and O–H groups in total. The number of hydrogen-bond donors (Lipinski definition) is 1. The second-order valence-electron chi connectivity index (χ2n) is 7.54. The number of carbonyl (C=O) groups is 1. The molecule has 1 aromatic heterocycles. The van der Waals surface area contributed by atoms with Crippen molar-refractivity contribution in [1.29, 1.82) is 0 Å². The van der Waals surface area contributed by atoms with E-state index in [1.165, 1.54) is 36.6 Å². The number of rotatable bonds is 7. The van der Waals surface area contributed by atoms with E-state index in [0.29, 0.717) is 11.8 Å². The monoisotopic (exact) mass is 484 g/mol. The van der Waals surface area contributed by atoms with Gasteiger partial charge in [0.05, 0.1) is 11.4 Å². The van der Waals surface area contributed by atoms with Gasteiger partial charge in [-0.15, -0.1) is 10.2 Å². The van der Waals surface area contributed by atoms with Gasteiger partial charge in [-0.05, 0) is 46.5 Å². The third-order valence-corrected chi connectivity index (χ3v) is 6.99. The lowest BCUT2D eigenvalue weighted by Gasteiger charge is -2.25. The molecule has 0 aliphatic heterocycles. The fourth-order valence-electron chi connectivity index (χ4n) is 3.89. The lowest BCUT2D eigenvalue weighted by atomic mass is 9.95. The van der Waals surface area contributed by atoms with Crippen LogP contribution in [0.2, 0.25) is 0 Å². The highest BCUT2D eigenvalue weighted by Gasteiger charge is 2.23. The highest BCUT2D eigenvalue weighted by molar-refractivity contribution is 9.10. The Morgan fingerprint density at radius 1 is 1.03 bits per heavy atom. The van der Waals surface area contributed by atoms with Crippen molar-refractivity contribution in [2.75, 3.05) is 11.1 Å². The normalized spacial score (nSPS) is 14.6. The molecule has 3 aromatic rings. The first-order chi connectivity index (χ1) is 14.7. The molecule has 30 heavy (non-hydrogen) atoms. The number of hydrogen-bond acceptors (Lipinski definition) is 4. The van der Waals surface area contributed by atoms with E-state index >= 15 is 0 Å². The van der Waals surface area contributed by atoms with Gasteiger partial charge in [-0.2, -0.15) is 0 Å². The van der Waals surface area contributed by atoms with Crippen LogP contribution >= 0.6 is 27.7 Å². The fourth-order valence-corrected chi connectivity index (χ4v) is 5.10. The van der Waals surface area contributed by atoms with Gasteiger partial charge in [0.15, 0.2) is 5.16 Å². The van der Waals surface area contributed by atoms with E-state index < -0.39 is 0 Å². The Morgan fingerprint density at radius 3 is 2.53 bits per heavy atom. The summed E-state index contributed by atoms with van der Waals surface area (Å²) in [7, 11) is 0. The molecule has 156 valence electrons. The minimum absolute atomic E-state index is 0.0466. The number of carbonyl (C=O) groups excluding carboxylic acids is 1. The first kappa shape index (κ1) is 21.1. The zero-order valence-electron chi connectivity index (χ0n) is 16.8. The Bertz CT molecular complexity index is 986. The predicted molar refractivity (Wildman–Crippen MR) is 125 cm³/mol. The van der Waals surface area contributed by atoms with E-state index in [2.05, 4.69) is 60.3 Å². The number of amides is 1. The van der Waals surface area contributed by atoms with Crippen molar-refractivity contribution in [2.24, 2.45) is 0 Å². The van der Waals surface area contributed by atoms with Gasteiger partial charge < -0.3 is 9.88 Å². The molecule has 1 aliphatic carbocycles. The van der Waals surface area contributed by atoms with Gasteiger partial charge in [-0.1, -0.05) is 73.5 Å². The Morgan fingerprint density at radius 2 is 1.77 bits per heavy atom. The molecular formula is C23H25BrN4OS. The van der Waals surface area contributed by atoms with Gasteiger partial charge in [-0.25, -0.2) is 0 Å². The molecule has 4 rings (SSSR count). The van der Waals surface area contributed by atoms with Crippen LogP contribution in [-0.2, 0) is 11.2 Å². The van der Waals surface area contributed by atoms with Crippen LogP contribution in [0.25, 0.3) is 0 Å². The van der Waals surface area contributed by atoms with Gasteiger partial charge in [-0.3, -0.25) is 4.79 Å². The van der Waals surface area contributed by atoms with Crippen molar-refractivity contribution in [3.8, 4) is 0 Å². The summed E-state index contributed by atoms with van der Waals surface area (Å²) in [6, 6.07) is 18.4. The van der Waals surface area contributed by atoms with Crippen molar-refractivity contribution < 1.29 is 4.79 Å². The number of nitrogens with zero attached hydrogens (tertiary/aromatic N) is 3. The first-order valence-corrected chi connectivity index (χ1v) is 12.1. The molecule has 1 heterocycles. The van der Waals surface area contributed by atoms with Crippen LogP contribution in [0.5, 0.6) is 0 Å². The van der Waals surface area contributed by atoms with E-state index in [9.17, 15) is 4.79 Å². The molecule has 7 heteroatoms. The maximum Gasteiger partial charge on any atom is 0.234 e. The van der Waals surface area contributed by atoms with Crippen molar-refractivity contribution in [3.05, 3.63) is 70.5 Å². The minimum atomic E-state index is -0.0466. The molecular weight excluding hydrogens is 460 g/mol. The summed E-state index contributed by atoms with van der Waals surface area (Å²) < 4.78 is 3.17. The minimum Gasteiger partial charge on any atom is -0.324 e. The fraction of sp³-hybridized carbons (Fsp3) is 0.348. The second-order valence-corrected chi connectivity index (χ2v) is 9.34. The summed E-state index contributed by atoms with van der Waals surface area (Å²) >= 11 is 4.94. The molecule has 5 nitrogen and oxygen atoms in total. The lowest BCUT2D eigenvalue weighted by Crippen LogP contribution is -2.18. The number of nitrogens with one attached hydrogen (secondary N) is 1. The molecule has 2 aromatic carbocycles. The van der Waals surface area contributed by atoms with Gasteiger partial charge in [0, 0.05) is 16.9 Å². The molecule has 0 bridgehead atoms. The third kappa shape index (κ3) is 5.32. The standard InChI is InChI=1S/C23H25BrN4OS/c24-19-13-7-8-14-20(19)25-22(29)16-30-23-27-26-21(15-17-9-3-1-4-10-17)28(23)18-11-5-2-6-12-18/h1,3-4,7-10,13-14,18H,2,5-6,11-12,15-16H2,(H,25,29). The van der Waals surface area contributed by atoms with Crippen LogP contribution in [0.4, 0.5) is 5.69 Å². The van der Waals surface area contributed by atoms with E-state index in [0.717, 1.165) is 40.4 Å². The Balaban J connectivity index is 1.49. The smallest absolute Gasteiger partial charge is 0.234 e. The molecule has 1 saturated carbocycles. The number of anilines is 1. The van der Waals surface area contributed by atoms with Gasteiger partial charge in [0.1, 0.15) is 5.82 Å². The summed E-state index contributed by atoms with van der Waals surface area (Å²) in [5.74, 6) is 1.24. The molecule has 0 unspecified atom stereocenters. The lowest BCUT2D eigenvalue weighted by molar-refractivity contribution is -0.113. The number of aromatic nitrogens is 3. The van der Waals surface area contributed by atoms with Crippen molar-refractivity contribution in [1.82, 2.24) is 14.8 Å². The predicted octanol–water partition coefficient (Wildman–Crippen LogP) is 5.87. The highest BCUT2D eigenvalue weighted by atomic mass is 79.9. The zero-order chi connectivity index (χ0) is 20.8. The average Bonchev–Trinajstić information content (AvgIpc) is 3.17. The van der Waals surface area contributed by atoms with Gasteiger partial charge >= 0.3 is 0 Å². The maximum atomic E-state index is 12.5. The van der Waals surface area contributed by atoms with Crippen LogP contribution < -0.4 is 5.32 Å². The summed E-state index contributed by atoms with van der Waals surface area (Å²) in [6.07, 6.45) is 6.82. The highest BCUT2D eigenvalue weighted by Crippen LogP contribution is 2.33. The molecule has 0 radical (unpaired) electrons. The van der Waals surface area contributed by atoms with E-state index in [4.69, 9.17) is 0 Å². The zero-order valence-corrected chi connectivity index (χ0v) is 19.2. The number of thioether (sulfide) groups is 1. The largest absolute Gasteiger partial charge is 0.324 e. The Labute approximate surface area is 189 Å². The average molecular weight is 485 g/mol. The molecule has 1 aliphatic rings. The van der Waals surface area contributed by atoms with Crippen LogP contribution in [0.15, 0.2) is 64.2 Å². The third-order valence-electron chi connectivity index (χ3n) is 5.36. The molecule has 0 spiro atoms. The van der Waals surface area contributed by atoms with Crippen molar-refractivity contribution >= 4 is 39.3 Å². The summed E-state index contributed by atoms with van der Waals surface area (Å²) in [6.45, 7) is 0. The maximum absolute atomic E-state index is 12.5. The topological polar surface area (TPSA) is 59.8 Å². The van der Waals surface area contributed by atoms with Gasteiger partial charge in [0.25, 0.3) is 0 Å². The molecule has 1 amide bonds. The SMILES string of the molecule is O=C(CSc1nnc(Cc2ccccc2)n1C1CCCCC1)Nc1ccccc1Br. The molecule has 0 atom stereocenters. The van der Waals surface area contributed by atoms with Crippen LogP contribution in [-0.4, -0.2) is 26.4 Å². The number of benzene rings is 2. The Hall–Kier alpha value is -2.12. The summed E-state index contributed by atoms with van der Waals surface area (Å²) in [4.78, 5) is 12.5. The summed E-state index contributed by atoms with van der Waals surface area (Å²) in [5, 5.41) is 12.8. The summed E-state index contributed by atoms with van der Waals surface area (Å²) in [5.41, 5.74) is 2.01. The van der Waals surface area contributed by atoms with E-state index in [-0.39, 0.29) is 5.91 Å². The number of halogens is 1. The van der Waals surface area contributed by atoms with E-state index in [1.54, 1.807) is 0 Å². The Kier molecular flexibility index (Phi) is 7.23. The quantitative estimate of drug-likeness (QED) is 0.426. The van der Waals surface area contributed by atoms with Crippen LogP contribution in [0, 0.1) is 0 Å². The van der Waals surface area contributed by atoms with Crippen molar-refractivity contribution in [2.45, 2.75) is 49.7 Å². The van der Waals surface area contributed by atoms with Crippen LogP contribution in [0.1, 0.15) is 49.5 Å². The number of para-hydroxylation sites is 1. The molecule has 1 fully saturated rings. The van der Waals surface area contributed by atoms with Crippen LogP contribution in [0.3, 0.4) is 0 Å².